The SMILES string of the molecule is CCC(CC)CC1=CC2CCc3cc(C)ccc3C2C=C1. The Morgan fingerprint density at radius 1 is 1.19 bits per heavy atom. The van der Waals surface area contributed by atoms with Crippen molar-refractivity contribution in [3.05, 3.63) is 58.7 Å². The smallest absolute Gasteiger partial charge is 0.00870 e. The van der Waals surface area contributed by atoms with Gasteiger partial charge < -0.3 is 0 Å². The predicted molar refractivity (Wildman–Crippen MR) is 91.6 cm³/mol. The van der Waals surface area contributed by atoms with Gasteiger partial charge in [0, 0.05) is 5.92 Å². The number of hydrogen-bond acceptors (Lipinski definition) is 0. The molecule has 0 radical (unpaired) electrons. The monoisotopic (exact) mass is 280 g/mol. The van der Waals surface area contributed by atoms with E-state index in [2.05, 4.69) is 57.2 Å². The molecule has 1 aromatic rings. The van der Waals surface area contributed by atoms with Crippen LogP contribution in [0.3, 0.4) is 0 Å². The fourth-order valence-corrected chi connectivity index (χ4v) is 4.05. The molecule has 0 fully saturated rings. The number of fused-ring (bicyclic) bond motifs is 3. The van der Waals surface area contributed by atoms with Crippen LogP contribution in [0, 0.1) is 18.8 Å². The lowest BCUT2D eigenvalue weighted by atomic mass is 9.71. The fourth-order valence-electron chi connectivity index (χ4n) is 4.05. The van der Waals surface area contributed by atoms with Crippen molar-refractivity contribution in [2.75, 3.05) is 0 Å². The van der Waals surface area contributed by atoms with Crippen molar-refractivity contribution in [1.82, 2.24) is 0 Å². The molecule has 2 unspecified atom stereocenters. The van der Waals surface area contributed by atoms with E-state index in [1.165, 1.54) is 37.7 Å². The molecule has 0 saturated heterocycles. The molecule has 21 heavy (non-hydrogen) atoms. The second kappa shape index (κ2) is 6.22. The van der Waals surface area contributed by atoms with Gasteiger partial charge in [0.1, 0.15) is 0 Å². The highest BCUT2D eigenvalue weighted by atomic mass is 14.3. The zero-order valence-electron chi connectivity index (χ0n) is 13.7. The Hall–Kier alpha value is -1.30. The maximum atomic E-state index is 2.59. The van der Waals surface area contributed by atoms with Gasteiger partial charge in [-0.1, -0.05) is 74.3 Å². The Bertz CT molecular complexity index is 557. The minimum absolute atomic E-state index is 0.625. The molecule has 0 heterocycles. The lowest BCUT2D eigenvalue weighted by Gasteiger charge is -2.33. The van der Waals surface area contributed by atoms with Crippen LogP contribution < -0.4 is 0 Å². The molecule has 1 aromatic carbocycles. The average molecular weight is 280 g/mol. The predicted octanol–water partition coefficient (Wildman–Crippen LogP) is 5.96. The van der Waals surface area contributed by atoms with Gasteiger partial charge in [0.2, 0.25) is 0 Å². The fraction of sp³-hybridized carbons (Fsp3) is 0.524. The molecule has 0 aromatic heterocycles. The Kier molecular flexibility index (Phi) is 4.33. The van der Waals surface area contributed by atoms with E-state index < -0.39 is 0 Å². The number of rotatable bonds is 4. The summed E-state index contributed by atoms with van der Waals surface area (Å²) in [5.41, 5.74) is 6.14. The lowest BCUT2D eigenvalue weighted by molar-refractivity contribution is 0.468. The summed E-state index contributed by atoms with van der Waals surface area (Å²) in [4.78, 5) is 0. The number of benzene rings is 1. The second-order valence-electron chi connectivity index (χ2n) is 6.92. The van der Waals surface area contributed by atoms with E-state index in [-0.39, 0.29) is 0 Å². The van der Waals surface area contributed by atoms with Crippen LogP contribution in [0.5, 0.6) is 0 Å². The standard InChI is InChI=1S/C21H28/c1-4-16(5-2)13-17-7-11-21-19(14-17)9-8-18-12-15(3)6-10-20(18)21/h6-7,10-12,14,16,19,21H,4-5,8-9,13H2,1-3H3. The average Bonchev–Trinajstić information content (AvgIpc) is 2.51. The second-order valence-corrected chi connectivity index (χ2v) is 6.92. The molecule has 0 aliphatic heterocycles. The first-order valence-electron chi connectivity index (χ1n) is 8.69. The van der Waals surface area contributed by atoms with E-state index in [4.69, 9.17) is 0 Å². The molecule has 0 nitrogen and oxygen atoms in total. The van der Waals surface area contributed by atoms with Crippen molar-refractivity contribution >= 4 is 0 Å². The lowest BCUT2D eigenvalue weighted by Crippen LogP contribution is -2.20. The summed E-state index contributed by atoms with van der Waals surface area (Å²) < 4.78 is 0. The van der Waals surface area contributed by atoms with Gasteiger partial charge >= 0.3 is 0 Å². The van der Waals surface area contributed by atoms with Crippen molar-refractivity contribution < 1.29 is 0 Å². The van der Waals surface area contributed by atoms with Gasteiger partial charge in [-0.25, -0.2) is 0 Å². The summed E-state index contributed by atoms with van der Waals surface area (Å²) in [5, 5.41) is 0. The molecule has 0 saturated carbocycles. The first-order chi connectivity index (χ1) is 10.2. The third kappa shape index (κ3) is 3.00. The Morgan fingerprint density at radius 2 is 2.00 bits per heavy atom. The molecule has 112 valence electrons. The molecule has 2 aliphatic rings. The van der Waals surface area contributed by atoms with Crippen LogP contribution in [0.4, 0.5) is 0 Å². The van der Waals surface area contributed by atoms with Gasteiger partial charge in [0.05, 0.1) is 0 Å². The first-order valence-corrected chi connectivity index (χ1v) is 8.69. The Labute approximate surface area is 130 Å². The minimum atomic E-state index is 0.625. The van der Waals surface area contributed by atoms with Crippen molar-refractivity contribution in [3.8, 4) is 0 Å². The summed E-state index contributed by atoms with van der Waals surface area (Å²) in [6.07, 6.45) is 13.9. The molecule has 2 atom stereocenters. The highest BCUT2D eigenvalue weighted by Gasteiger charge is 2.28. The Balaban J connectivity index is 1.80. The van der Waals surface area contributed by atoms with Gasteiger partial charge in [-0.15, -0.1) is 0 Å². The van der Waals surface area contributed by atoms with Crippen molar-refractivity contribution in [2.45, 2.75) is 58.8 Å². The summed E-state index contributed by atoms with van der Waals surface area (Å²) in [6.45, 7) is 6.85. The van der Waals surface area contributed by atoms with Crippen LogP contribution in [-0.2, 0) is 6.42 Å². The van der Waals surface area contributed by atoms with Gasteiger partial charge in [-0.05, 0) is 49.1 Å². The van der Waals surface area contributed by atoms with Gasteiger partial charge in [0.15, 0.2) is 0 Å². The van der Waals surface area contributed by atoms with Gasteiger partial charge in [0.25, 0.3) is 0 Å². The van der Waals surface area contributed by atoms with Crippen LogP contribution in [0.15, 0.2) is 42.0 Å². The Morgan fingerprint density at radius 3 is 2.76 bits per heavy atom. The third-order valence-corrected chi connectivity index (χ3v) is 5.49. The summed E-state index contributed by atoms with van der Waals surface area (Å²) in [6, 6.07) is 7.03. The molecule has 0 amide bonds. The van der Waals surface area contributed by atoms with Crippen LogP contribution in [0.2, 0.25) is 0 Å². The molecular formula is C21H28. The van der Waals surface area contributed by atoms with Crippen molar-refractivity contribution in [2.24, 2.45) is 11.8 Å². The zero-order valence-corrected chi connectivity index (χ0v) is 13.7. The van der Waals surface area contributed by atoms with Crippen LogP contribution >= 0.6 is 0 Å². The van der Waals surface area contributed by atoms with Crippen molar-refractivity contribution in [1.29, 1.82) is 0 Å². The number of allylic oxidation sites excluding steroid dienone is 4. The molecule has 0 heteroatoms. The van der Waals surface area contributed by atoms with E-state index in [9.17, 15) is 0 Å². The summed E-state index contributed by atoms with van der Waals surface area (Å²) in [7, 11) is 0. The maximum Gasteiger partial charge on any atom is 0.00870 e. The molecule has 3 rings (SSSR count). The normalized spacial score (nSPS) is 23.7. The quantitative estimate of drug-likeness (QED) is 0.638. The number of aryl methyl sites for hydroxylation is 2. The van der Waals surface area contributed by atoms with Crippen LogP contribution in [0.25, 0.3) is 0 Å². The topological polar surface area (TPSA) is 0 Å². The first kappa shape index (κ1) is 14.6. The van der Waals surface area contributed by atoms with E-state index in [0.29, 0.717) is 5.92 Å². The van der Waals surface area contributed by atoms with Crippen LogP contribution in [-0.4, -0.2) is 0 Å². The zero-order chi connectivity index (χ0) is 14.8. The highest BCUT2D eigenvalue weighted by molar-refractivity contribution is 5.43. The summed E-state index contributed by atoms with van der Waals surface area (Å²) >= 11 is 0. The largest absolute Gasteiger partial charge is 0.0773 e. The van der Waals surface area contributed by atoms with E-state index in [1.54, 1.807) is 16.7 Å². The molecule has 0 N–H and O–H groups in total. The van der Waals surface area contributed by atoms with E-state index in [1.807, 2.05) is 0 Å². The minimum Gasteiger partial charge on any atom is -0.0773 e. The maximum absolute atomic E-state index is 2.59. The van der Waals surface area contributed by atoms with Crippen molar-refractivity contribution in [3.63, 3.8) is 0 Å². The molecule has 2 aliphatic carbocycles. The van der Waals surface area contributed by atoms with E-state index >= 15 is 0 Å². The number of hydrogen-bond donors (Lipinski definition) is 0. The van der Waals surface area contributed by atoms with E-state index in [0.717, 1.165) is 11.8 Å². The molecular weight excluding hydrogens is 252 g/mol. The molecule has 0 spiro atoms. The van der Waals surface area contributed by atoms with Crippen LogP contribution in [0.1, 0.15) is 62.1 Å². The molecule has 0 bridgehead atoms. The van der Waals surface area contributed by atoms with Gasteiger partial charge in [-0.2, -0.15) is 0 Å². The highest BCUT2D eigenvalue weighted by Crippen LogP contribution is 2.42. The summed E-state index contributed by atoms with van der Waals surface area (Å²) in [5.74, 6) is 2.21. The third-order valence-electron chi connectivity index (χ3n) is 5.49. The van der Waals surface area contributed by atoms with Gasteiger partial charge in [-0.3, -0.25) is 0 Å².